The molecule has 1 N–H and O–H groups in total. The molecule has 1 aromatic heterocycles. The van der Waals surface area contributed by atoms with Crippen LogP contribution >= 0.6 is 11.6 Å². The standard InChI is InChI=1S/C13H21ClN2O/c1-4-16-11(12(14)9(2)15-16)8-13(3)6-5-10(17)7-13/h10,17H,4-8H2,1-3H3. The third-order valence-corrected chi connectivity index (χ3v) is 4.35. The van der Waals surface area contributed by atoms with Gasteiger partial charge in [-0.15, -0.1) is 0 Å². The molecule has 0 saturated heterocycles. The second-order valence-corrected chi connectivity index (χ2v) is 5.92. The van der Waals surface area contributed by atoms with Crippen LogP contribution in [0.2, 0.25) is 5.02 Å². The topological polar surface area (TPSA) is 38.0 Å². The highest BCUT2D eigenvalue weighted by molar-refractivity contribution is 6.31. The van der Waals surface area contributed by atoms with Crippen molar-refractivity contribution in [1.29, 1.82) is 0 Å². The molecular weight excluding hydrogens is 236 g/mol. The van der Waals surface area contributed by atoms with E-state index in [2.05, 4.69) is 18.9 Å². The van der Waals surface area contributed by atoms with Crippen LogP contribution < -0.4 is 0 Å². The monoisotopic (exact) mass is 256 g/mol. The van der Waals surface area contributed by atoms with Gasteiger partial charge in [-0.3, -0.25) is 4.68 Å². The molecule has 3 nitrogen and oxygen atoms in total. The minimum absolute atomic E-state index is 0.141. The minimum Gasteiger partial charge on any atom is -0.393 e. The van der Waals surface area contributed by atoms with Crippen molar-refractivity contribution in [3.63, 3.8) is 0 Å². The van der Waals surface area contributed by atoms with Gasteiger partial charge in [-0.1, -0.05) is 18.5 Å². The van der Waals surface area contributed by atoms with E-state index in [1.165, 1.54) is 0 Å². The first-order valence-corrected chi connectivity index (χ1v) is 6.73. The Morgan fingerprint density at radius 2 is 2.29 bits per heavy atom. The zero-order chi connectivity index (χ0) is 12.6. The number of rotatable bonds is 3. The summed E-state index contributed by atoms with van der Waals surface area (Å²) in [5.41, 5.74) is 2.21. The molecule has 1 heterocycles. The Kier molecular flexibility index (Phi) is 3.50. The van der Waals surface area contributed by atoms with E-state index in [1.807, 2.05) is 11.6 Å². The summed E-state index contributed by atoms with van der Waals surface area (Å²) in [7, 11) is 0. The lowest BCUT2D eigenvalue weighted by Gasteiger charge is -2.24. The van der Waals surface area contributed by atoms with Crippen LogP contribution in [0.1, 0.15) is 44.5 Å². The summed E-state index contributed by atoms with van der Waals surface area (Å²) in [6.45, 7) is 7.12. The molecular formula is C13H21ClN2O. The Morgan fingerprint density at radius 3 is 2.82 bits per heavy atom. The van der Waals surface area contributed by atoms with Gasteiger partial charge in [-0.25, -0.2) is 0 Å². The fourth-order valence-electron chi connectivity index (χ4n) is 2.89. The van der Waals surface area contributed by atoms with Crippen molar-refractivity contribution in [3.8, 4) is 0 Å². The number of aryl methyl sites for hydroxylation is 2. The molecule has 1 aromatic rings. The second-order valence-electron chi connectivity index (χ2n) is 5.55. The van der Waals surface area contributed by atoms with Crippen molar-refractivity contribution in [3.05, 3.63) is 16.4 Å². The molecule has 0 aliphatic heterocycles. The van der Waals surface area contributed by atoms with Crippen LogP contribution in [-0.2, 0) is 13.0 Å². The van der Waals surface area contributed by atoms with E-state index in [9.17, 15) is 5.11 Å². The smallest absolute Gasteiger partial charge is 0.0847 e. The lowest BCUT2D eigenvalue weighted by atomic mass is 9.83. The molecule has 96 valence electrons. The lowest BCUT2D eigenvalue weighted by Crippen LogP contribution is -2.19. The Labute approximate surface area is 108 Å². The van der Waals surface area contributed by atoms with Gasteiger partial charge in [-0.05, 0) is 44.9 Å². The third-order valence-electron chi connectivity index (χ3n) is 3.86. The van der Waals surface area contributed by atoms with Gasteiger partial charge in [0.25, 0.3) is 0 Å². The summed E-state index contributed by atoms with van der Waals surface area (Å²) < 4.78 is 1.99. The first-order valence-electron chi connectivity index (χ1n) is 6.35. The molecule has 0 radical (unpaired) electrons. The summed E-state index contributed by atoms with van der Waals surface area (Å²) in [5.74, 6) is 0. The number of aliphatic hydroxyl groups is 1. The van der Waals surface area contributed by atoms with Crippen molar-refractivity contribution in [1.82, 2.24) is 9.78 Å². The van der Waals surface area contributed by atoms with Crippen LogP contribution in [0.5, 0.6) is 0 Å². The number of hydrogen-bond donors (Lipinski definition) is 1. The Morgan fingerprint density at radius 1 is 1.59 bits per heavy atom. The van der Waals surface area contributed by atoms with E-state index in [4.69, 9.17) is 11.6 Å². The highest BCUT2D eigenvalue weighted by atomic mass is 35.5. The molecule has 1 aliphatic rings. The summed E-state index contributed by atoms with van der Waals surface area (Å²) in [5, 5.41) is 14.9. The number of aliphatic hydroxyl groups excluding tert-OH is 1. The average molecular weight is 257 g/mol. The molecule has 1 saturated carbocycles. The molecule has 0 spiro atoms. The van der Waals surface area contributed by atoms with Crippen molar-refractivity contribution in [2.24, 2.45) is 5.41 Å². The minimum atomic E-state index is -0.141. The zero-order valence-corrected chi connectivity index (χ0v) is 11.6. The first-order chi connectivity index (χ1) is 7.95. The zero-order valence-electron chi connectivity index (χ0n) is 10.8. The predicted molar refractivity (Wildman–Crippen MR) is 69.3 cm³/mol. The largest absolute Gasteiger partial charge is 0.393 e. The fraction of sp³-hybridized carbons (Fsp3) is 0.769. The normalized spacial score (nSPS) is 28.9. The highest BCUT2D eigenvalue weighted by Gasteiger charge is 2.35. The second kappa shape index (κ2) is 4.62. The van der Waals surface area contributed by atoms with Gasteiger partial charge >= 0.3 is 0 Å². The number of hydrogen-bond acceptors (Lipinski definition) is 2. The fourth-order valence-corrected chi connectivity index (χ4v) is 3.09. The van der Waals surface area contributed by atoms with Gasteiger partial charge in [0.05, 0.1) is 22.5 Å². The average Bonchev–Trinajstić information content (AvgIpc) is 2.74. The van der Waals surface area contributed by atoms with Gasteiger partial charge in [-0.2, -0.15) is 5.10 Å². The Balaban J connectivity index is 2.23. The summed E-state index contributed by atoms with van der Waals surface area (Å²) in [6.07, 6.45) is 3.62. The molecule has 0 amide bonds. The van der Waals surface area contributed by atoms with Gasteiger partial charge in [0, 0.05) is 6.54 Å². The maximum absolute atomic E-state index is 9.69. The first kappa shape index (κ1) is 12.9. The van der Waals surface area contributed by atoms with Crippen LogP contribution in [-0.4, -0.2) is 21.0 Å². The molecule has 2 atom stereocenters. The van der Waals surface area contributed by atoms with Gasteiger partial charge in [0.2, 0.25) is 0 Å². The molecule has 4 heteroatoms. The van der Waals surface area contributed by atoms with Crippen molar-refractivity contribution in [2.45, 2.75) is 59.1 Å². The molecule has 1 aliphatic carbocycles. The van der Waals surface area contributed by atoms with E-state index >= 15 is 0 Å². The quantitative estimate of drug-likeness (QED) is 0.903. The molecule has 2 unspecified atom stereocenters. The van der Waals surface area contributed by atoms with Crippen molar-refractivity contribution in [2.75, 3.05) is 0 Å². The van der Waals surface area contributed by atoms with Gasteiger partial charge in [0.15, 0.2) is 0 Å². The van der Waals surface area contributed by atoms with Gasteiger partial charge < -0.3 is 5.11 Å². The van der Waals surface area contributed by atoms with Crippen LogP contribution in [0.15, 0.2) is 0 Å². The molecule has 17 heavy (non-hydrogen) atoms. The summed E-state index contributed by atoms with van der Waals surface area (Å²) in [6, 6.07) is 0. The number of halogens is 1. The summed E-state index contributed by atoms with van der Waals surface area (Å²) >= 11 is 6.32. The van der Waals surface area contributed by atoms with E-state index in [0.29, 0.717) is 0 Å². The molecule has 2 rings (SSSR count). The maximum Gasteiger partial charge on any atom is 0.0847 e. The van der Waals surface area contributed by atoms with Crippen LogP contribution in [0, 0.1) is 12.3 Å². The van der Waals surface area contributed by atoms with E-state index in [-0.39, 0.29) is 11.5 Å². The van der Waals surface area contributed by atoms with Crippen LogP contribution in [0.4, 0.5) is 0 Å². The SMILES string of the molecule is CCn1nc(C)c(Cl)c1CC1(C)CCC(O)C1. The van der Waals surface area contributed by atoms with Gasteiger partial charge in [0.1, 0.15) is 0 Å². The third kappa shape index (κ3) is 2.50. The number of aromatic nitrogens is 2. The van der Waals surface area contributed by atoms with E-state index in [1.54, 1.807) is 0 Å². The maximum atomic E-state index is 9.69. The molecule has 0 bridgehead atoms. The number of nitrogens with zero attached hydrogens (tertiary/aromatic N) is 2. The molecule has 0 aromatic carbocycles. The van der Waals surface area contributed by atoms with E-state index < -0.39 is 0 Å². The summed E-state index contributed by atoms with van der Waals surface area (Å²) in [4.78, 5) is 0. The van der Waals surface area contributed by atoms with Crippen molar-refractivity contribution < 1.29 is 5.11 Å². The Bertz CT molecular complexity index is 416. The van der Waals surface area contributed by atoms with Crippen LogP contribution in [0.3, 0.4) is 0 Å². The van der Waals surface area contributed by atoms with E-state index in [0.717, 1.165) is 48.6 Å². The highest BCUT2D eigenvalue weighted by Crippen LogP contribution is 2.41. The predicted octanol–water partition coefficient (Wildman–Crippen LogP) is 2.96. The molecule has 1 fully saturated rings. The Hall–Kier alpha value is -0.540. The lowest BCUT2D eigenvalue weighted by molar-refractivity contribution is 0.163. The van der Waals surface area contributed by atoms with Crippen LogP contribution in [0.25, 0.3) is 0 Å². The van der Waals surface area contributed by atoms with Crippen molar-refractivity contribution >= 4 is 11.6 Å².